The number of benzene rings is 2. The lowest BCUT2D eigenvalue weighted by Gasteiger charge is -2.15. The predicted octanol–water partition coefficient (Wildman–Crippen LogP) is 3.78. The van der Waals surface area contributed by atoms with E-state index in [9.17, 15) is 9.59 Å². The molecule has 0 aliphatic rings. The number of carbonyl (C=O) groups is 2. The van der Waals surface area contributed by atoms with Crippen molar-refractivity contribution in [2.75, 3.05) is 11.9 Å². The van der Waals surface area contributed by atoms with Gasteiger partial charge in [-0.25, -0.2) is 4.79 Å². The molecule has 0 aliphatic heterocycles. The number of hydrogen-bond acceptors (Lipinski definition) is 5. The fourth-order valence-electron chi connectivity index (χ4n) is 2.41. The van der Waals surface area contributed by atoms with Crippen molar-refractivity contribution in [1.29, 1.82) is 5.26 Å². The molecule has 0 unspecified atom stereocenters. The molecule has 1 amide bonds. The van der Waals surface area contributed by atoms with Crippen molar-refractivity contribution in [3.63, 3.8) is 0 Å². The van der Waals surface area contributed by atoms with Gasteiger partial charge in [-0.05, 0) is 68.3 Å². The lowest BCUT2D eigenvalue weighted by atomic mass is 10.1. The smallest absolute Gasteiger partial charge is 0.344 e. The zero-order chi connectivity index (χ0) is 20.0. The Kier molecular flexibility index (Phi) is 6.80. The Hall–Kier alpha value is -3.04. The Morgan fingerprint density at radius 1 is 1.19 bits per heavy atom. The van der Waals surface area contributed by atoms with Crippen LogP contribution in [-0.4, -0.2) is 24.6 Å². The summed E-state index contributed by atoms with van der Waals surface area (Å²) in [6, 6.07) is 11.8. The van der Waals surface area contributed by atoms with Gasteiger partial charge in [-0.3, -0.25) is 4.79 Å². The van der Waals surface area contributed by atoms with Gasteiger partial charge >= 0.3 is 5.97 Å². The number of nitriles is 1. The van der Waals surface area contributed by atoms with Crippen LogP contribution in [0, 0.1) is 25.2 Å². The molecule has 0 radical (unpaired) electrons. The maximum absolute atomic E-state index is 12.1. The van der Waals surface area contributed by atoms with Crippen molar-refractivity contribution in [2.24, 2.45) is 0 Å². The highest BCUT2D eigenvalue weighted by molar-refractivity contribution is 6.30. The third kappa shape index (κ3) is 5.73. The van der Waals surface area contributed by atoms with E-state index in [0.29, 0.717) is 22.0 Å². The molecule has 0 aliphatic carbocycles. The van der Waals surface area contributed by atoms with E-state index >= 15 is 0 Å². The van der Waals surface area contributed by atoms with Gasteiger partial charge in [0.05, 0.1) is 11.6 Å². The van der Waals surface area contributed by atoms with Gasteiger partial charge in [0.25, 0.3) is 5.91 Å². The molecule has 0 spiro atoms. The highest BCUT2D eigenvalue weighted by Gasteiger charge is 2.19. The SMILES string of the molecule is Cc1cc(Cl)cc(C)c1OCC(=O)O[C@@H](C)C(=O)Nc1ccc(C#N)cc1. The third-order valence-electron chi connectivity index (χ3n) is 3.72. The van der Waals surface area contributed by atoms with Crippen molar-refractivity contribution in [1.82, 2.24) is 0 Å². The molecule has 2 aromatic rings. The van der Waals surface area contributed by atoms with Gasteiger partial charge in [0.1, 0.15) is 5.75 Å². The van der Waals surface area contributed by atoms with Crippen LogP contribution in [0.25, 0.3) is 0 Å². The minimum Gasteiger partial charge on any atom is -0.481 e. The molecule has 0 saturated carbocycles. The molecule has 140 valence electrons. The number of ether oxygens (including phenoxy) is 2. The molecular weight excluding hydrogens is 368 g/mol. The highest BCUT2D eigenvalue weighted by atomic mass is 35.5. The minimum absolute atomic E-state index is 0.322. The van der Waals surface area contributed by atoms with Crippen LogP contribution in [0.5, 0.6) is 5.75 Å². The topological polar surface area (TPSA) is 88.4 Å². The second-order valence-electron chi connectivity index (χ2n) is 5.97. The second kappa shape index (κ2) is 9.06. The largest absolute Gasteiger partial charge is 0.481 e. The Bertz CT molecular complexity index is 865. The average molecular weight is 387 g/mol. The van der Waals surface area contributed by atoms with E-state index in [4.69, 9.17) is 26.3 Å². The van der Waals surface area contributed by atoms with E-state index in [1.165, 1.54) is 6.92 Å². The molecule has 0 fully saturated rings. The van der Waals surface area contributed by atoms with Crippen molar-refractivity contribution < 1.29 is 19.1 Å². The van der Waals surface area contributed by atoms with Gasteiger partial charge in [-0.2, -0.15) is 5.26 Å². The summed E-state index contributed by atoms with van der Waals surface area (Å²) < 4.78 is 10.6. The number of amides is 1. The molecule has 0 saturated heterocycles. The number of hydrogen-bond donors (Lipinski definition) is 1. The summed E-state index contributed by atoms with van der Waals surface area (Å²) in [6.07, 6.45) is -0.996. The van der Waals surface area contributed by atoms with Crippen LogP contribution in [0.4, 0.5) is 5.69 Å². The van der Waals surface area contributed by atoms with E-state index < -0.39 is 18.0 Å². The minimum atomic E-state index is -0.996. The first-order chi connectivity index (χ1) is 12.8. The van der Waals surface area contributed by atoms with Crippen LogP contribution in [0.2, 0.25) is 5.02 Å². The van der Waals surface area contributed by atoms with Gasteiger partial charge < -0.3 is 14.8 Å². The number of esters is 1. The molecule has 2 aromatic carbocycles. The first-order valence-corrected chi connectivity index (χ1v) is 8.58. The molecule has 2 rings (SSSR count). The molecule has 1 N–H and O–H groups in total. The van der Waals surface area contributed by atoms with E-state index in [2.05, 4.69) is 5.32 Å². The standard InChI is InChI=1S/C20H19ClN2O4/c1-12-8-16(21)9-13(2)19(12)26-11-18(24)27-14(3)20(25)23-17-6-4-15(10-22)5-7-17/h4-9,14H,11H2,1-3H3,(H,23,25)/t14-/m0/s1. The number of nitrogens with one attached hydrogen (secondary N) is 1. The third-order valence-corrected chi connectivity index (χ3v) is 3.94. The lowest BCUT2D eigenvalue weighted by molar-refractivity contribution is -0.155. The van der Waals surface area contributed by atoms with Gasteiger partial charge in [-0.15, -0.1) is 0 Å². The van der Waals surface area contributed by atoms with Crippen LogP contribution in [0.15, 0.2) is 36.4 Å². The van der Waals surface area contributed by atoms with Gasteiger partial charge in [0.15, 0.2) is 12.7 Å². The summed E-state index contributed by atoms with van der Waals surface area (Å²) in [6.45, 7) is 4.80. The van der Waals surface area contributed by atoms with E-state index in [-0.39, 0.29) is 6.61 Å². The lowest BCUT2D eigenvalue weighted by Crippen LogP contribution is -2.31. The molecule has 0 bridgehead atoms. The molecular formula is C20H19ClN2O4. The summed E-state index contributed by atoms with van der Waals surface area (Å²) in [5.41, 5.74) is 2.60. The molecule has 0 aromatic heterocycles. The van der Waals surface area contributed by atoms with Crippen LogP contribution >= 0.6 is 11.6 Å². The Balaban J connectivity index is 1.87. The Morgan fingerprint density at radius 3 is 2.33 bits per heavy atom. The molecule has 27 heavy (non-hydrogen) atoms. The van der Waals surface area contributed by atoms with Crippen LogP contribution < -0.4 is 10.1 Å². The normalized spacial score (nSPS) is 11.2. The van der Waals surface area contributed by atoms with Crippen LogP contribution in [0.1, 0.15) is 23.6 Å². The number of nitrogens with zero attached hydrogens (tertiary/aromatic N) is 1. The van der Waals surface area contributed by atoms with Gasteiger partial charge in [0, 0.05) is 10.7 Å². The number of aryl methyl sites for hydroxylation is 2. The van der Waals surface area contributed by atoms with E-state index in [1.54, 1.807) is 36.4 Å². The van der Waals surface area contributed by atoms with E-state index in [0.717, 1.165) is 11.1 Å². The average Bonchev–Trinajstić information content (AvgIpc) is 2.61. The van der Waals surface area contributed by atoms with E-state index in [1.807, 2.05) is 19.9 Å². The number of rotatable bonds is 6. The zero-order valence-corrected chi connectivity index (χ0v) is 16.0. The molecule has 6 nitrogen and oxygen atoms in total. The van der Waals surface area contributed by atoms with Crippen molar-refractivity contribution >= 4 is 29.2 Å². The van der Waals surface area contributed by atoms with Crippen molar-refractivity contribution in [2.45, 2.75) is 26.9 Å². The van der Waals surface area contributed by atoms with Crippen LogP contribution in [0.3, 0.4) is 0 Å². The van der Waals surface area contributed by atoms with Crippen LogP contribution in [-0.2, 0) is 14.3 Å². The monoisotopic (exact) mass is 386 g/mol. The first-order valence-electron chi connectivity index (χ1n) is 8.20. The summed E-state index contributed by atoms with van der Waals surface area (Å²) in [5, 5.41) is 12.0. The number of carbonyl (C=O) groups excluding carboxylic acids is 2. The Labute approximate surface area is 162 Å². The fraction of sp³-hybridized carbons (Fsp3) is 0.250. The Morgan fingerprint density at radius 2 is 1.78 bits per heavy atom. The van der Waals surface area contributed by atoms with Gasteiger partial charge in [0.2, 0.25) is 0 Å². The first kappa shape index (κ1) is 20.3. The number of halogens is 1. The summed E-state index contributed by atoms with van der Waals surface area (Å²) in [4.78, 5) is 24.1. The zero-order valence-electron chi connectivity index (χ0n) is 15.2. The summed E-state index contributed by atoms with van der Waals surface area (Å²) in [5.74, 6) is -0.579. The van der Waals surface area contributed by atoms with Crippen molar-refractivity contribution in [3.05, 3.63) is 58.1 Å². The summed E-state index contributed by atoms with van der Waals surface area (Å²) >= 11 is 5.96. The fourth-order valence-corrected chi connectivity index (χ4v) is 2.74. The second-order valence-corrected chi connectivity index (χ2v) is 6.40. The quantitative estimate of drug-likeness (QED) is 0.763. The maximum Gasteiger partial charge on any atom is 0.344 e. The maximum atomic E-state index is 12.1. The van der Waals surface area contributed by atoms with Crippen molar-refractivity contribution in [3.8, 4) is 11.8 Å². The number of anilines is 1. The molecule has 0 heterocycles. The highest BCUT2D eigenvalue weighted by Crippen LogP contribution is 2.27. The molecule has 1 atom stereocenters. The predicted molar refractivity (Wildman–Crippen MR) is 102 cm³/mol. The molecule has 7 heteroatoms. The summed E-state index contributed by atoms with van der Waals surface area (Å²) in [7, 11) is 0. The van der Waals surface area contributed by atoms with Gasteiger partial charge in [-0.1, -0.05) is 11.6 Å².